The number of hydrogen-bond donors (Lipinski definition) is 0. The molecule has 0 saturated carbocycles. The van der Waals surface area contributed by atoms with Crippen molar-refractivity contribution in [2.45, 2.75) is 0 Å². The van der Waals surface area contributed by atoms with E-state index in [0.717, 1.165) is 22.7 Å². The fourth-order valence-electron chi connectivity index (χ4n) is 4.70. The number of hydrogen-bond acceptors (Lipinski definition) is 8. The summed E-state index contributed by atoms with van der Waals surface area (Å²) in [7, 11) is 0. The maximum Gasteiger partial charge on any atom is 0.155 e. The van der Waals surface area contributed by atoms with Crippen LogP contribution in [0.1, 0.15) is 0 Å². The van der Waals surface area contributed by atoms with Gasteiger partial charge in [-0.3, -0.25) is 14.9 Å². The number of rotatable bonds is 8. The predicted octanol–water partition coefficient (Wildman–Crippen LogP) is 6.58. The van der Waals surface area contributed by atoms with Gasteiger partial charge in [-0.2, -0.15) is 10.2 Å². The highest BCUT2D eigenvalue weighted by Gasteiger charge is 2.19. The van der Waals surface area contributed by atoms with Gasteiger partial charge in [0.25, 0.3) is 0 Å². The first kappa shape index (κ1) is 24.9. The Labute approximate surface area is 241 Å². The molecule has 6 aromatic heterocycles. The van der Waals surface area contributed by atoms with Gasteiger partial charge in [0.1, 0.15) is 11.6 Å². The quantitative estimate of drug-likeness (QED) is 0.210. The van der Waals surface area contributed by atoms with Gasteiger partial charge < -0.3 is 4.90 Å². The third kappa shape index (κ3) is 4.95. The van der Waals surface area contributed by atoms with Crippen LogP contribution in [-0.4, -0.2) is 39.5 Å². The summed E-state index contributed by atoms with van der Waals surface area (Å²) in [5, 5.41) is 8.73. The Kier molecular flexibility index (Phi) is 6.59. The number of benzene rings is 1. The zero-order valence-corrected chi connectivity index (χ0v) is 22.3. The van der Waals surface area contributed by atoms with E-state index >= 15 is 0 Å². The number of anilines is 6. The van der Waals surface area contributed by atoms with Crippen LogP contribution in [0.25, 0.3) is 11.6 Å². The van der Waals surface area contributed by atoms with Crippen molar-refractivity contribution in [1.29, 1.82) is 0 Å². The molecule has 7 aromatic rings. The van der Waals surface area contributed by atoms with Crippen LogP contribution < -0.4 is 9.80 Å². The normalized spacial score (nSPS) is 10.9. The third-order valence-electron chi connectivity index (χ3n) is 6.58. The van der Waals surface area contributed by atoms with Gasteiger partial charge in [-0.05, 0) is 84.9 Å². The van der Waals surface area contributed by atoms with E-state index in [1.54, 1.807) is 46.5 Å². The van der Waals surface area contributed by atoms with Crippen molar-refractivity contribution in [3.63, 3.8) is 0 Å². The number of aromatic nitrogens is 8. The average molecular weight is 549 g/mol. The smallest absolute Gasteiger partial charge is 0.155 e. The van der Waals surface area contributed by atoms with Gasteiger partial charge in [-0.25, -0.2) is 19.3 Å². The zero-order valence-electron chi connectivity index (χ0n) is 22.3. The Hall–Kier alpha value is -6.16. The highest BCUT2D eigenvalue weighted by Crippen LogP contribution is 2.37. The summed E-state index contributed by atoms with van der Waals surface area (Å²) in [5.74, 6) is 2.79. The molecule has 0 aliphatic carbocycles. The van der Waals surface area contributed by atoms with E-state index in [0.29, 0.717) is 23.3 Å². The SMILES string of the molecule is c1cc(N(c2ccc(N(c3ccncc3)c3ccncc3)cc2)c2cccc(-n3cccn3)n2)nc(-n2cccn2)c1. The van der Waals surface area contributed by atoms with Crippen LogP contribution in [0.5, 0.6) is 0 Å². The molecule has 7 rings (SSSR count). The molecular formula is C32H24N10. The molecule has 202 valence electrons. The molecule has 42 heavy (non-hydrogen) atoms. The van der Waals surface area contributed by atoms with E-state index in [9.17, 15) is 0 Å². The summed E-state index contributed by atoms with van der Waals surface area (Å²) in [6.45, 7) is 0. The third-order valence-corrected chi connectivity index (χ3v) is 6.58. The Morgan fingerprint density at radius 3 is 1.26 bits per heavy atom. The number of pyridine rings is 4. The lowest BCUT2D eigenvalue weighted by Crippen LogP contribution is -2.16. The van der Waals surface area contributed by atoms with Gasteiger partial charge in [-0.15, -0.1) is 0 Å². The second-order valence-electron chi connectivity index (χ2n) is 9.21. The van der Waals surface area contributed by atoms with E-state index in [4.69, 9.17) is 9.97 Å². The molecule has 0 spiro atoms. The molecular weight excluding hydrogens is 524 g/mol. The summed E-state index contributed by atoms with van der Waals surface area (Å²) in [4.78, 5) is 22.5. The lowest BCUT2D eigenvalue weighted by atomic mass is 10.2. The second-order valence-corrected chi connectivity index (χ2v) is 9.21. The van der Waals surface area contributed by atoms with Crippen molar-refractivity contribution in [3.05, 3.63) is 147 Å². The minimum Gasteiger partial charge on any atom is -0.310 e. The summed E-state index contributed by atoms with van der Waals surface area (Å²) in [6, 6.07) is 31.7. The van der Waals surface area contributed by atoms with Crippen LogP contribution in [0, 0.1) is 0 Å². The number of nitrogens with zero attached hydrogens (tertiary/aromatic N) is 10. The van der Waals surface area contributed by atoms with Crippen molar-refractivity contribution in [2.75, 3.05) is 9.80 Å². The monoisotopic (exact) mass is 548 g/mol. The maximum absolute atomic E-state index is 4.95. The molecule has 0 bridgehead atoms. The van der Waals surface area contributed by atoms with Crippen LogP contribution in [0.3, 0.4) is 0 Å². The summed E-state index contributed by atoms with van der Waals surface area (Å²) < 4.78 is 3.47. The lowest BCUT2D eigenvalue weighted by Gasteiger charge is -2.27. The Balaban J connectivity index is 1.33. The lowest BCUT2D eigenvalue weighted by molar-refractivity contribution is 0.839. The van der Waals surface area contributed by atoms with Crippen LogP contribution in [0.2, 0.25) is 0 Å². The largest absolute Gasteiger partial charge is 0.310 e. The molecule has 0 N–H and O–H groups in total. The molecule has 0 atom stereocenters. The standard InChI is InChI=1S/C32H24N10/c1-5-29(39-23-3-17-35-39)37-31(7-1)42(32-8-2-6-30(38-32)40-24-4-18-36-40)26-11-9-25(10-12-26)41(27-13-19-33-20-14-27)28-15-21-34-22-16-28/h1-24H. The molecule has 0 unspecified atom stereocenters. The van der Waals surface area contributed by atoms with Crippen molar-refractivity contribution < 1.29 is 0 Å². The van der Waals surface area contributed by atoms with Crippen molar-refractivity contribution in [1.82, 2.24) is 39.5 Å². The Morgan fingerprint density at radius 2 is 0.833 bits per heavy atom. The highest BCUT2D eigenvalue weighted by molar-refractivity contribution is 5.79. The molecule has 0 aliphatic rings. The van der Waals surface area contributed by atoms with Gasteiger partial charge >= 0.3 is 0 Å². The second kappa shape index (κ2) is 11.1. The van der Waals surface area contributed by atoms with E-state index in [1.165, 1.54) is 0 Å². The molecule has 0 radical (unpaired) electrons. The van der Waals surface area contributed by atoms with E-state index in [1.807, 2.05) is 90.1 Å². The minimum atomic E-state index is 0.695. The molecule has 0 aliphatic heterocycles. The van der Waals surface area contributed by atoms with Gasteiger partial charge in [0.2, 0.25) is 0 Å². The first-order chi connectivity index (χ1) is 20.8. The molecule has 0 saturated heterocycles. The van der Waals surface area contributed by atoms with Crippen LogP contribution in [-0.2, 0) is 0 Å². The molecule has 0 amide bonds. The van der Waals surface area contributed by atoms with Crippen LogP contribution in [0.15, 0.2) is 147 Å². The van der Waals surface area contributed by atoms with Gasteiger partial charge in [0, 0.05) is 72.3 Å². The Morgan fingerprint density at radius 1 is 0.405 bits per heavy atom. The van der Waals surface area contributed by atoms with E-state index in [2.05, 4.69) is 49.3 Å². The first-order valence-corrected chi connectivity index (χ1v) is 13.3. The van der Waals surface area contributed by atoms with E-state index in [-0.39, 0.29) is 0 Å². The predicted molar refractivity (Wildman–Crippen MR) is 161 cm³/mol. The molecule has 10 heteroatoms. The average Bonchev–Trinajstić information content (AvgIpc) is 3.80. The van der Waals surface area contributed by atoms with Gasteiger partial charge in [-0.1, -0.05) is 12.1 Å². The maximum atomic E-state index is 4.95. The molecule has 0 fully saturated rings. The van der Waals surface area contributed by atoms with Gasteiger partial charge in [0.05, 0.1) is 0 Å². The van der Waals surface area contributed by atoms with Crippen molar-refractivity contribution >= 4 is 34.4 Å². The molecule has 6 heterocycles. The molecule has 1 aromatic carbocycles. The first-order valence-electron chi connectivity index (χ1n) is 13.3. The summed E-state index contributed by atoms with van der Waals surface area (Å²) in [6.07, 6.45) is 14.4. The van der Waals surface area contributed by atoms with Crippen LogP contribution >= 0.6 is 0 Å². The minimum absolute atomic E-state index is 0.695. The van der Waals surface area contributed by atoms with Crippen LogP contribution in [0.4, 0.5) is 34.4 Å². The van der Waals surface area contributed by atoms with Gasteiger partial charge in [0.15, 0.2) is 11.6 Å². The van der Waals surface area contributed by atoms with Crippen molar-refractivity contribution in [3.8, 4) is 11.6 Å². The Bertz CT molecular complexity index is 1750. The molecule has 10 nitrogen and oxygen atoms in total. The summed E-state index contributed by atoms with van der Waals surface area (Å²) in [5.41, 5.74) is 3.84. The van der Waals surface area contributed by atoms with E-state index < -0.39 is 0 Å². The fourth-order valence-corrected chi connectivity index (χ4v) is 4.70. The van der Waals surface area contributed by atoms with Crippen molar-refractivity contribution in [2.24, 2.45) is 0 Å². The fraction of sp³-hybridized carbons (Fsp3) is 0. The topological polar surface area (TPSA) is 93.7 Å². The summed E-state index contributed by atoms with van der Waals surface area (Å²) >= 11 is 0. The highest BCUT2D eigenvalue weighted by atomic mass is 15.3. The zero-order chi connectivity index (χ0) is 28.1.